The largest absolute Gasteiger partial charge is 0.465 e. The number of carbonyl (C=O) groups is 2. The Labute approximate surface area is 113 Å². The molecular formula is C15H18O4. The number of esters is 2. The number of benzene rings is 1. The second kappa shape index (κ2) is 6.73. The highest BCUT2D eigenvalue weighted by Gasteiger charge is 2.06. The second-order valence-electron chi connectivity index (χ2n) is 4.38. The molecule has 102 valence electrons. The number of methoxy groups -OCH3 is 1. The first kappa shape index (κ1) is 15.0. The summed E-state index contributed by atoms with van der Waals surface area (Å²) in [7, 11) is 1.34. The summed E-state index contributed by atoms with van der Waals surface area (Å²) < 4.78 is 9.63. The third-order valence-electron chi connectivity index (χ3n) is 2.44. The van der Waals surface area contributed by atoms with Gasteiger partial charge in [-0.15, -0.1) is 0 Å². The number of rotatable bonds is 4. The maximum atomic E-state index is 11.4. The van der Waals surface area contributed by atoms with Gasteiger partial charge in [-0.25, -0.2) is 9.59 Å². The van der Waals surface area contributed by atoms with E-state index in [4.69, 9.17) is 4.74 Å². The monoisotopic (exact) mass is 262 g/mol. The second-order valence-corrected chi connectivity index (χ2v) is 4.38. The lowest BCUT2D eigenvalue weighted by atomic mass is 10.0. The molecule has 0 spiro atoms. The van der Waals surface area contributed by atoms with Gasteiger partial charge < -0.3 is 9.47 Å². The van der Waals surface area contributed by atoms with E-state index in [0.717, 1.165) is 11.1 Å². The van der Waals surface area contributed by atoms with E-state index in [0.29, 0.717) is 5.56 Å². The molecule has 4 nitrogen and oxygen atoms in total. The summed E-state index contributed by atoms with van der Waals surface area (Å²) in [5, 5.41) is 0. The van der Waals surface area contributed by atoms with Gasteiger partial charge in [0.25, 0.3) is 0 Å². The van der Waals surface area contributed by atoms with Crippen LogP contribution in [0.15, 0.2) is 24.3 Å². The average molecular weight is 262 g/mol. The van der Waals surface area contributed by atoms with Gasteiger partial charge in [-0.05, 0) is 50.1 Å². The molecule has 0 bridgehead atoms. The molecular weight excluding hydrogens is 244 g/mol. The van der Waals surface area contributed by atoms with Crippen molar-refractivity contribution in [2.75, 3.05) is 7.11 Å². The first-order valence-corrected chi connectivity index (χ1v) is 6.01. The molecule has 0 radical (unpaired) electrons. The molecule has 0 atom stereocenters. The predicted molar refractivity (Wildman–Crippen MR) is 72.8 cm³/mol. The predicted octanol–water partition coefficient (Wildman–Crippen LogP) is 2.75. The van der Waals surface area contributed by atoms with Crippen molar-refractivity contribution in [2.24, 2.45) is 0 Å². The Kier molecular flexibility index (Phi) is 5.30. The zero-order valence-corrected chi connectivity index (χ0v) is 11.6. The van der Waals surface area contributed by atoms with E-state index in [2.05, 4.69) is 4.74 Å². The van der Waals surface area contributed by atoms with E-state index in [9.17, 15) is 9.59 Å². The maximum Gasteiger partial charge on any atom is 0.337 e. The zero-order chi connectivity index (χ0) is 14.4. The van der Waals surface area contributed by atoms with Crippen LogP contribution in [-0.2, 0) is 14.3 Å². The van der Waals surface area contributed by atoms with Crippen molar-refractivity contribution in [1.82, 2.24) is 0 Å². The van der Waals surface area contributed by atoms with Crippen molar-refractivity contribution in [3.05, 3.63) is 41.0 Å². The van der Waals surface area contributed by atoms with Gasteiger partial charge in [0.1, 0.15) is 0 Å². The fourth-order valence-corrected chi connectivity index (χ4v) is 1.54. The molecule has 4 heteroatoms. The number of carbonyl (C=O) groups excluding carboxylic acids is 2. The van der Waals surface area contributed by atoms with E-state index < -0.39 is 0 Å². The van der Waals surface area contributed by atoms with Crippen LogP contribution >= 0.6 is 0 Å². The fourth-order valence-electron chi connectivity index (χ4n) is 1.54. The maximum absolute atomic E-state index is 11.4. The third-order valence-corrected chi connectivity index (χ3v) is 2.44. The van der Waals surface area contributed by atoms with Crippen molar-refractivity contribution in [1.29, 1.82) is 0 Å². The Balaban J connectivity index is 2.83. The van der Waals surface area contributed by atoms with Gasteiger partial charge in [-0.3, -0.25) is 0 Å². The summed E-state index contributed by atoms with van der Waals surface area (Å²) in [6, 6.07) is 5.15. The summed E-state index contributed by atoms with van der Waals surface area (Å²) in [5.41, 5.74) is 2.23. The molecule has 0 saturated heterocycles. The molecule has 0 unspecified atom stereocenters. The molecule has 0 aliphatic heterocycles. The van der Waals surface area contributed by atoms with Crippen molar-refractivity contribution >= 4 is 18.0 Å². The number of ether oxygens (including phenoxy) is 2. The summed E-state index contributed by atoms with van der Waals surface area (Å²) in [4.78, 5) is 22.7. The van der Waals surface area contributed by atoms with Crippen molar-refractivity contribution in [3.63, 3.8) is 0 Å². The van der Waals surface area contributed by atoms with Gasteiger partial charge in [0.15, 0.2) is 0 Å². The lowest BCUT2D eigenvalue weighted by Gasteiger charge is -2.05. The zero-order valence-electron chi connectivity index (χ0n) is 11.6. The first-order chi connectivity index (χ1) is 8.93. The fraction of sp³-hybridized carbons (Fsp3) is 0.333. The Bertz CT molecular complexity index is 501. The van der Waals surface area contributed by atoms with Crippen LogP contribution in [0.3, 0.4) is 0 Å². The van der Waals surface area contributed by atoms with Gasteiger partial charge in [-0.2, -0.15) is 0 Å². The van der Waals surface area contributed by atoms with Gasteiger partial charge in [0.2, 0.25) is 0 Å². The Hall–Kier alpha value is -2.10. The molecule has 0 fully saturated rings. The van der Waals surface area contributed by atoms with Gasteiger partial charge in [0.05, 0.1) is 18.8 Å². The highest BCUT2D eigenvalue weighted by molar-refractivity contribution is 5.91. The number of aryl methyl sites for hydroxylation is 1. The summed E-state index contributed by atoms with van der Waals surface area (Å²) >= 11 is 0. The topological polar surface area (TPSA) is 52.6 Å². The van der Waals surface area contributed by atoms with Crippen LogP contribution in [0.4, 0.5) is 0 Å². The van der Waals surface area contributed by atoms with Crippen LogP contribution in [0.5, 0.6) is 0 Å². The highest BCUT2D eigenvalue weighted by atomic mass is 16.5. The molecule has 0 aliphatic rings. The van der Waals surface area contributed by atoms with Crippen molar-refractivity contribution in [3.8, 4) is 0 Å². The normalized spacial score (nSPS) is 10.8. The van der Waals surface area contributed by atoms with E-state index in [1.54, 1.807) is 38.1 Å². The van der Waals surface area contributed by atoms with Crippen LogP contribution in [0.25, 0.3) is 6.08 Å². The molecule has 1 aromatic carbocycles. The minimum atomic E-state index is -0.383. The van der Waals surface area contributed by atoms with E-state index in [1.165, 1.54) is 13.2 Å². The molecule has 19 heavy (non-hydrogen) atoms. The highest BCUT2D eigenvalue weighted by Crippen LogP contribution is 2.13. The average Bonchev–Trinajstić information content (AvgIpc) is 2.35. The van der Waals surface area contributed by atoms with E-state index >= 15 is 0 Å². The lowest BCUT2D eigenvalue weighted by molar-refractivity contribution is -0.141. The SMILES string of the molecule is COC(=O)c1ccc(/C=C/C(=O)OC(C)C)c(C)c1. The van der Waals surface area contributed by atoms with Gasteiger partial charge in [0, 0.05) is 6.08 Å². The number of hydrogen-bond donors (Lipinski definition) is 0. The van der Waals surface area contributed by atoms with Crippen LogP contribution in [0, 0.1) is 6.92 Å². The molecule has 0 N–H and O–H groups in total. The lowest BCUT2D eigenvalue weighted by Crippen LogP contribution is -2.08. The van der Waals surface area contributed by atoms with Crippen molar-refractivity contribution in [2.45, 2.75) is 26.9 Å². The standard InChI is InChI=1S/C15H18O4/c1-10(2)19-14(16)8-7-12-5-6-13(9-11(12)3)15(17)18-4/h5-10H,1-4H3/b8-7+. The van der Waals surface area contributed by atoms with E-state index in [1.807, 2.05) is 6.92 Å². The number of hydrogen-bond acceptors (Lipinski definition) is 4. The molecule has 0 heterocycles. The van der Waals surface area contributed by atoms with Crippen LogP contribution in [-0.4, -0.2) is 25.2 Å². The van der Waals surface area contributed by atoms with E-state index in [-0.39, 0.29) is 18.0 Å². The Morgan fingerprint density at radius 1 is 1.26 bits per heavy atom. The molecule has 0 aliphatic carbocycles. The smallest absolute Gasteiger partial charge is 0.337 e. The van der Waals surface area contributed by atoms with Crippen molar-refractivity contribution < 1.29 is 19.1 Å². The Morgan fingerprint density at radius 3 is 2.47 bits per heavy atom. The van der Waals surface area contributed by atoms with Crippen LogP contribution < -0.4 is 0 Å². The van der Waals surface area contributed by atoms with Crippen LogP contribution in [0.2, 0.25) is 0 Å². The van der Waals surface area contributed by atoms with Gasteiger partial charge >= 0.3 is 11.9 Å². The minimum Gasteiger partial charge on any atom is -0.465 e. The molecule has 0 amide bonds. The molecule has 1 aromatic rings. The first-order valence-electron chi connectivity index (χ1n) is 6.01. The summed E-state index contributed by atoms with van der Waals surface area (Å²) in [6.07, 6.45) is 2.90. The minimum absolute atomic E-state index is 0.139. The molecule has 1 rings (SSSR count). The summed E-state index contributed by atoms with van der Waals surface area (Å²) in [5.74, 6) is -0.760. The summed E-state index contributed by atoms with van der Waals surface area (Å²) in [6.45, 7) is 5.45. The third kappa shape index (κ3) is 4.58. The molecule has 0 saturated carbocycles. The van der Waals surface area contributed by atoms with Gasteiger partial charge in [-0.1, -0.05) is 6.07 Å². The molecule has 0 aromatic heterocycles. The quantitative estimate of drug-likeness (QED) is 0.618. The van der Waals surface area contributed by atoms with Crippen LogP contribution in [0.1, 0.15) is 35.3 Å². The Morgan fingerprint density at radius 2 is 1.95 bits per heavy atom.